The summed E-state index contributed by atoms with van der Waals surface area (Å²) >= 11 is 0. The number of rotatable bonds is 5. The second-order valence-corrected chi connectivity index (χ2v) is 5.79. The van der Waals surface area contributed by atoms with Gasteiger partial charge in [0.1, 0.15) is 11.5 Å². The van der Waals surface area contributed by atoms with Crippen LogP contribution in [-0.4, -0.2) is 0 Å². The van der Waals surface area contributed by atoms with Gasteiger partial charge in [0.15, 0.2) is 0 Å². The van der Waals surface area contributed by atoms with Crippen molar-refractivity contribution in [2.75, 3.05) is 0 Å². The molecular weight excluding hydrogens is 288 g/mol. The molecule has 0 bridgehead atoms. The van der Waals surface area contributed by atoms with E-state index in [1.807, 2.05) is 24.3 Å². The summed E-state index contributed by atoms with van der Waals surface area (Å²) in [5.74, 6) is 1.40. The Kier molecular flexibility index (Phi) is 4.88. The third-order valence-electron chi connectivity index (χ3n) is 4.39. The Bertz CT molecular complexity index is 675. The normalized spacial score (nSPS) is 10.7. The highest BCUT2D eigenvalue weighted by molar-refractivity contribution is 5.43. The molecule has 0 aliphatic carbocycles. The third kappa shape index (κ3) is 3.27. The summed E-state index contributed by atoms with van der Waals surface area (Å²) in [4.78, 5) is 0. The lowest BCUT2D eigenvalue weighted by molar-refractivity contribution is 0.403. The summed E-state index contributed by atoms with van der Waals surface area (Å²) in [6, 6.07) is 15.1. The van der Waals surface area contributed by atoms with Crippen molar-refractivity contribution in [3.8, 4) is 24.0 Å². The smallest absolute Gasteiger partial charge is 0.292 e. The minimum absolute atomic E-state index is 0.212. The van der Waals surface area contributed by atoms with Gasteiger partial charge in [-0.1, -0.05) is 45.0 Å². The van der Waals surface area contributed by atoms with Gasteiger partial charge in [-0.3, -0.25) is 0 Å². The van der Waals surface area contributed by atoms with Crippen molar-refractivity contribution >= 4 is 0 Å². The zero-order valence-electron chi connectivity index (χ0n) is 13.4. The summed E-state index contributed by atoms with van der Waals surface area (Å²) in [7, 11) is 0. The van der Waals surface area contributed by atoms with Crippen molar-refractivity contribution in [1.29, 1.82) is 10.5 Å². The van der Waals surface area contributed by atoms with Gasteiger partial charge in [-0.15, -0.1) is 10.5 Å². The van der Waals surface area contributed by atoms with E-state index in [-0.39, 0.29) is 5.41 Å². The summed E-state index contributed by atoms with van der Waals surface area (Å²) in [6.07, 6.45) is 3.35. The van der Waals surface area contributed by atoms with E-state index in [4.69, 9.17) is 20.0 Å². The summed E-state index contributed by atoms with van der Waals surface area (Å²) < 4.78 is 9.68. The highest BCUT2D eigenvalue weighted by Gasteiger charge is 2.32. The first kappa shape index (κ1) is 16.4. The number of hydrogen-bond donors (Lipinski definition) is 0. The summed E-state index contributed by atoms with van der Waals surface area (Å²) in [6.45, 7) is 6.51. The Labute approximate surface area is 136 Å². The second kappa shape index (κ2) is 6.85. The molecule has 0 N–H and O–H groups in total. The van der Waals surface area contributed by atoms with Gasteiger partial charge in [-0.25, -0.2) is 0 Å². The third-order valence-corrected chi connectivity index (χ3v) is 4.39. The zero-order valence-corrected chi connectivity index (χ0v) is 13.4. The molecule has 0 saturated heterocycles. The van der Waals surface area contributed by atoms with Gasteiger partial charge in [0, 0.05) is 5.41 Å². The highest BCUT2D eigenvalue weighted by atomic mass is 16.5. The SMILES string of the molecule is CC(C)C(C)(c1ccc(OC#N)cc1)c1ccc(OC#N)cc1. The molecule has 0 aliphatic rings. The molecule has 2 rings (SSSR count). The lowest BCUT2D eigenvalue weighted by Crippen LogP contribution is -2.30. The largest absolute Gasteiger partial charge is 0.388 e. The van der Waals surface area contributed by atoms with Crippen molar-refractivity contribution in [3.63, 3.8) is 0 Å². The van der Waals surface area contributed by atoms with Crippen molar-refractivity contribution in [2.45, 2.75) is 26.2 Å². The van der Waals surface area contributed by atoms with Gasteiger partial charge >= 0.3 is 0 Å². The van der Waals surface area contributed by atoms with E-state index >= 15 is 0 Å². The van der Waals surface area contributed by atoms with Crippen LogP contribution in [-0.2, 0) is 5.41 Å². The molecule has 116 valence electrons. The van der Waals surface area contributed by atoms with Crippen LogP contribution < -0.4 is 9.47 Å². The number of benzene rings is 2. The fourth-order valence-corrected chi connectivity index (χ4v) is 2.68. The molecule has 2 aromatic rings. The molecule has 0 unspecified atom stereocenters. The highest BCUT2D eigenvalue weighted by Crippen LogP contribution is 2.39. The molecule has 0 radical (unpaired) electrons. The predicted octanol–water partition coefficient (Wildman–Crippen LogP) is 4.37. The topological polar surface area (TPSA) is 66.0 Å². The van der Waals surface area contributed by atoms with Gasteiger partial charge in [0.2, 0.25) is 0 Å². The molecule has 0 fully saturated rings. The molecule has 0 heterocycles. The fraction of sp³-hybridized carbons (Fsp3) is 0.263. The molecule has 0 saturated carbocycles. The van der Waals surface area contributed by atoms with E-state index in [0.717, 1.165) is 11.1 Å². The van der Waals surface area contributed by atoms with Crippen LogP contribution in [0.2, 0.25) is 0 Å². The molecule has 4 heteroatoms. The molecule has 2 aromatic carbocycles. The quantitative estimate of drug-likeness (QED) is 0.769. The van der Waals surface area contributed by atoms with Crippen LogP contribution >= 0.6 is 0 Å². The van der Waals surface area contributed by atoms with E-state index in [0.29, 0.717) is 17.4 Å². The zero-order chi connectivity index (χ0) is 16.9. The maximum Gasteiger partial charge on any atom is 0.292 e. The van der Waals surface area contributed by atoms with Crippen LogP contribution in [0.25, 0.3) is 0 Å². The summed E-state index contributed by atoms with van der Waals surface area (Å²) in [5, 5.41) is 17.2. The van der Waals surface area contributed by atoms with Crippen LogP contribution in [0.15, 0.2) is 48.5 Å². The van der Waals surface area contributed by atoms with Crippen molar-refractivity contribution in [1.82, 2.24) is 0 Å². The van der Waals surface area contributed by atoms with Crippen LogP contribution in [0, 0.1) is 29.0 Å². The van der Waals surface area contributed by atoms with Crippen molar-refractivity contribution in [3.05, 3.63) is 59.7 Å². The second-order valence-electron chi connectivity index (χ2n) is 5.79. The maximum atomic E-state index is 8.58. The molecule has 0 aliphatic heterocycles. The predicted molar refractivity (Wildman–Crippen MR) is 86.7 cm³/mol. The monoisotopic (exact) mass is 306 g/mol. The first-order valence-electron chi connectivity index (χ1n) is 7.35. The standard InChI is InChI=1S/C19H18N2O2/c1-14(2)19(3,15-4-8-17(9-5-15)22-12-20)16-6-10-18(11-7-16)23-13-21/h4-11,14H,1-3H3. The van der Waals surface area contributed by atoms with Gasteiger partial charge in [-0.05, 0) is 41.3 Å². The van der Waals surface area contributed by atoms with E-state index in [2.05, 4.69) is 20.8 Å². The van der Waals surface area contributed by atoms with Crippen LogP contribution in [0.3, 0.4) is 0 Å². The number of nitrogens with zero attached hydrogens (tertiary/aromatic N) is 2. The molecule has 0 atom stereocenters. The number of ether oxygens (including phenoxy) is 2. The van der Waals surface area contributed by atoms with E-state index < -0.39 is 0 Å². The van der Waals surface area contributed by atoms with Crippen molar-refractivity contribution < 1.29 is 9.47 Å². The lowest BCUT2D eigenvalue weighted by Gasteiger charge is -2.35. The maximum absolute atomic E-state index is 8.58. The van der Waals surface area contributed by atoms with Gasteiger partial charge in [-0.2, -0.15) is 0 Å². The molecule has 0 spiro atoms. The first-order valence-corrected chi connectivity index (χ1v) is 7.35. The minimum atomic E-state index is -0.212. The average molecular weight is 306 g/mol. The van der Waals surface area contributed by atoms with Crippen LogP contribution in [0.4, 0.5) is 0 Å². The van der Waals surface area contributed by atoms with Crippen molar-refractivity contribution in [2.24, 2.45) is 5.92 Å². The molecular formula is C19H18N2O2. The van der Waals surface area contributed by atoms with E-state index in [9.17, 15) is 0 Å². The Morgan fingerprint density at radius 3 is 1.39 bits per heavy atom. The molecule has 4 nitrogen and oxygen atoms in total. The van der Waals surface area contributed by atoms with Gasteiger partial charge < -0.3 is 9.47 Å². The number of hydrogen-bond acceptors (Lipinski definition) is 4. The van der Waals surface area contributed by atoms with E-state index in [1.54, 1.807) is 36.8 Å². The fourth-order valence-electron chi connectivity index (χ4n) is 2.68. The Morgan fingerprint density at radius 1 is 0.783 bits per heavy atom. The van der Waals surface area contributed by atoms with E-state index in [1.165, 1.54) is 0 Å². The lowest BCUT2D eigenvalue weighted by atomic mass is 9.68. The van der Waals surface area contributed by atoms with Gasteiger partial charge in [0.05, 0.1) is 0 Å². The Morgan fingerprint density at radius 2 is 1.13 bits per heavy atom. The molecule has 0 amide bonds. The Hall–Kier alpha value is -2.98. The molecule has 23 heavy (non-hydrogen) atoms. The average Bonchev–Trinajstić information content (AvgIpc) is 2.56. The van der Waals surface area contributed by atoms with Crippen LogP contribution in [0.5, 0.6) is 11.5 Å². The van der Waals surface area contributed by atoms with Crippen LogP contribution in [0.1, 0.15) is 31.9 Å². The first-order chi connectivity index (χ1) is 11.0. The summed E-state index contributed by atoms with van der Waals surface area (Å²) in [5.41, 5.74) is 2.05. The minimum Gasteiger partial charge on any atom is -0.388 e. The van der Waals surface area contributed by atoms with Gasteiger partial charge in [0.25, 0.3) is 12.5 Å². The number of nitriles is 2. The molecule has 0 aromatic heterocycles. The Balaban J connectivity index is 2.42.